The Hall–Kier alpha value is -3.43. The molecule has 0 bridgehead atoms. The fourth-order valence-corrected chi connectivity index (χ4v) is 4.68. The number of thiazole rings is 1. The lowest BCUT2D eigenvalue weighted by atomic mass is 9.93. The monoisotopic (exact) mass is 524 g/mol. The van der Waals surface area contributed by atoms with E-state index in [1.807, 2.05) is 60.7 Å². The van der Waals surface area contributed by atoms with Crippen LogP contribution in [0.25, 0.3) is 0 Å². The van der Waals surface area contributed by atoms with Gasteiger partial charge < -0.3 is 30.0 Å². The number of carboxylic acid groups (broad SMARTS) is 1. The molecule has 8 nitrogen and oxygen atoms in total. The zero-order valence-electron chi connectivity index (χ0n) is 21.4. The molecule has 0 spiro atoms. The fraction of sp³-hybridized carbons (Fsp3) is 0.393. The highest BCUT2D eigenvalue weighted by atomic mass is 32.1. The summed E-state index contributed by atoms with van der Waals surface area (Å²) in [6.07, 6.45) is -0.623. The van der Waals surface area contributed by atoms with Crippen molar-refractivity contribution in [2.45, 2.75) is 70.4 Å². The Balaban J connectivity index is 1.86. The number of amides is 2. The minimum atomic E-state index is -1.33. The molecule has 3 rings (SSSR count). The summed E-state index contributed by atoms with van der Waals surface area (Å²) in [6.45, 7) is 5.40. The number of aliphatic hydroxyl groups is 1. The Bertz CT molecular complexity index is 1100. The summed E-state index contributed by atoms with van der Waals surface area (Å²) in [5, 5.41) is 26.5. The molecule has 9 heteroatoms. The average Bonchev–Trinajstić information content (AvgIpc) is 3.35. The van der Waals surface area contributed by atoms with Gasteiger partial charge in [-0.1, -0.05) is 60.7 Å². The van der Waals surface area contributed by atoms with Crippen molar-refractivity contribution in [3.63, 3.8) is 0 Å². The van der Waals surface area contributed by atoms with Gasteiger partial charge in [0.25, 0.3) is 0 Å². The van der Waals surface area contributed by atoms with Crippen molar-refractivity contribution < 1.29 is 24.5 Å². The van der Waals surface area contributed by atoms with Crippen LogP contribution in [0.1, 0.15) is 43.2 Å². The van der Waals surface area contributed by atoms with Gasteiger partial charge in [0, 0.05) is 17.1 Å². The van der Waals surface area contributed by atoms with Crippen molar-refractivity contribution in [3.05, 3.63) is 88.4 Å². The SMILES string of the molecule is CC(C)(C)OC(=O)N[C@@H](Cc1ccccc1)[C@@H](O)C[C@H](Cc1ccccc1)N(Cc1cncs1)C(=O)[O-]. The maximum absolute atomic E-state index is 12.6. The van der Waals surface area contributed by atoms with Crippen molar-refractivity contribution in [2.24, 2.45) is 0 Å². The number of carbonyl (C=O) groups excluding carboxylic acids is 2. The number of aromatic nitrogens is 1. The summed E-state index contributed by atoms with van der Waals surface area (Å²) in [7, 11) is 0. The second kappa shape index (κ2) is 13.2. The number of benzene rings is 2. The number of carbonyl (C=O) groups is 2. The number of hydrogen-bond acceptors (Lipinski definition) is 7. The van der Waals surface area contributed by atoms with E-state index >= 15 is 0 Å². The molecule has 3 atom stereocenters. The Labute approximate surface area is 221 Å². The number of alkyl carbamates (subject to hydrolysis) is 1. The lowest BCUT2D eigenvalue weighted by molar-refractivity contribution is -0.269. The highest BCUT2D eigenvalue weighted by molar-refractivity contribution is 7.09. The summed E-state index contributed by atoms with van der Waals surface area (Å²) in [5.41, 5.74) is 2.78. The highest BCUT2D eigenvalue weighted by Gasteiger charge is 2.30. The van der Waals surface area contributed by atoms with Crippen LogP contribution in [0.4, 0.5) is 9.59 Å². The summed E-state index contributed by atoms with van der Waals surface area (Å²) < 4.78 is 5.43. The maximum Gasteiger partial charge on any atom is 0.407 e. The molecule has 2 N–H and O–H groups in total. The first-order valence-electron chi connectivity index (χ1n) is 12.2. The molecular formula is C28H34N3O5S-. The van der Waals surface area contributed by atoms with Gasteiger partial charge in [-0.05, 0) is 51.2 Å². The molecule has 0 unspecified atom stereocenters. The normalized spacial score (nSPS) is 13.8. The second-order valence-electron chi connectivity index (χ2n) is 9.95. The van der Waals surface area contributed by atoms with E-state index in [2.05, 4.69) is 10.3 Å². The fourth-order valence-electron chi connectivity index (χ4n) is 4.09. The van der Waals surface area contributed by atoms with Gasteiger partial charge >= 0.3 is 6.09 Å². The van der Waals surface area contributed by atoms with E-state index in [4.69, 9.17) is 4.74 Å². The third-order valence-corrected chi connectivity index (χ3v) is 6.54. The molecule has 0 saturated heterocycles. The second-order valence-corrected chi connectivity index (χ2v) is 10.9. The molecule has 3 aromatic rings. The highest BCUT2D eigenvalue weighted by Crippen LogP contribution is 2.21. The lowest BCUT2D eigenvalue weighted by Gasteiger charge is -2.36. The third kappa shape index (κ3) is 9.51. The van der Waals surface area contributed by atoms with Gasteiger partial charge in [-0.3, -0.25) is 4.98 Å². The van der Waals surface area contributed by atoms with Crippen molar-refractivity contribution >= 4 is 23.5 Å². The zero-order chi connectivity index (χ0) is 26.8. The van der Waals surface area contributed by atoms with Crippen LogP contribution < -0.4 is 10.4 Å². The quantitative estimate of drug-likeness (QED) is 0.394. The van der Waals surface area contributed by atoms with Crippen molar-refractivity contribution in [3.8, 4) is 0 Å². The molecule has 0 radical (unpaired) electrons. The summed E-state index contributed by atoms with van der Waals surface area (Å²) in [6, 6.07) is 17.7. The molecule has 0 aliphatic heterocycles. The Kier molecular flexibility index (Phi) is 10.0. The Morgan fingerprint density at radius 1 is 1.05 bits per heavy atom. The van der Waals surface area contributed by atoms with Crippen molar-refractivity contribution in [1.29, 1.82) is 0 Å². The average molecular weight is 525 g/mol. The first kappa shape index (κ1) is 28.1. The molecule has 37 heavy (non-hydrogen) atoms. The van der Waals surface area contributed by atoms with E-state index < -0.39 is 36.0 Å². The third-order valence-electron chi connectivity index (χ3n) is 5.78. The first-order chi connectivity index (χ1) is 17.6. The first-order valence-corrected chi connectivity index (χ1v) is 13.1. The van der Waals surface area contributed by atoms with Crippen LogP contribution in [-0.2, 0) is 24.1 Å². The molecule has 0 fully saturated rings. The number of nitrogens with zero attached hydrogens (tertiary/aromatic N) is 2. The van der Waals surface area contributed by atoms with Crippen molar-refractivity contribution in [2.75, 3.05) is 0 Å². The van der Waals surface area contributed by atoms with Gasteiger partial charge in [-0.15, -0.1) is 11.3 Å². The summed E-state index contributed by atoms with van der Waals surface area (Å²) >= 11 is 1.35. The van der Waals surface area contributed by atoms with E-state index in [1.54, 1.807) is 32.5 Å². The van der Waals surface area contributed by atoms with E-state index in [0.29, 0.717) is 12.8 Å². The number of rotatable bonds is 11. The van der Waals surface area contributed by atoms with E-state index in [1.165, 1.54) is 16.2 Å². The standard InChI is InChI=1S/C28H35N3O5S/c1-28(2,3)36-26(33)30-24(15-21-12-8-5-9-13-21)25(32)16-22(14-20-10-6-4-7-11-20)31(27(34)35)18-23-17-29-19-37-23/h4-13,17,19,22,24-25,32H,14-16,18H2,1-3H3,(H,30,33)(H,34,35)/p-1/t22-,24-,25-/m0/s1. The van der Waals surface area contributed by atoms with Gasteiger partial charge in [0.05, 0.1) is 24.2 Å². The minimum Gasteiger partial charge on any atom is -0.530 e. The van der Waals surface area contributed by atoms with Gasteiger partial charge in [-0.25, -0.2) is 4.79 Å². The number of nitrogens with one attached hydrogen (secondary N) is 1. The predicted octanol–water partition coefficient (Wildman–Crippen LogP) is 3.79. The van der Waals surface area contributed by atoms with Crippen LogP contribution in [0.3, 0.4) is 0 Å². The molecule has 1 aromatic heterocycles. The zero-order valence-corrected chi connectivity index (χ0v) is 22.2. The largest absolute Gasteiger partial charge is 0.530 e. The minimum absolute atomic E-state index is 0.0783. The van der Waals surface area contributed by atoms with Gasteiger partial charge in [0.15, 0.2) is 0 Å². The predicted molar refractivity (Wildman–Crippen MR) is 141 cm³/mol. The van der Waals surface area contributed by atoms with Crippen LogP contribution in [-0.4, -0.2) is 51.0 Å². The van der Waals surface area contributed by atoms with Gasteiger partial charge in [-0.2, -0.15) is 0 Å². The number of hydrogen-bond donors (Lipinski definition) is 2. The molecule has 0 saturated carbocycles. The van der Waals surface area contributed by atoms with Crippen LogP contribution >= 0.6 is 11.3 Å². The van der Waals surface area contributed by atoms with Crippen LogP contribution in [0.2, 0.25) is 0 Å². The van der Waals surface area contributed by atoms with Gasteiger partial charge in [0.1, 0.15) is 11.7 Å². The lowest BCUT2D eigenvalue weighted by Crippen LogP contribution is -2.52. The smallest absolute Gasteiger partial charge is 0.407 e. The van der Waals surface area contributed by atoms with E-state index in [9.17, 15) is 19.8 Å². The molecule has 198 valence electrons. The summed E-state index contributed by atoms with van der Waals surface area (Å²) in [5.74, 6) is 0. The van der Waals surface area contributed by atoms with Crippen molar-refractivity contribution in [1.82, 2.24) is 15.2 Å². The molecular weight excluding hydrogens is 490 g/mol. The van der Waals surface area contributed by atoms with Crippen LogP contribution in [0.5, 0.6) is 0 Å². The summed E-state index contributed by atoms with van der Waals surface area (Å²) in [4.78, 5) is 30.9. The number of ether oxygens (including phenoxy) is 1. The Morgan fingerprint density at radius 3 is 2.16 bits per heavy atom. The molecule has 2 amide bonds. The molecule has 0 aliphatic carbocycles. The molecule has 1 heterocycles. The topological polar surface area (TPSA) is 115 Å². The maximum atomic E-state index is 12.6. The molecule has 0 aliphatic rings. The Morgan fingerprint density at radius 2 is 1.65 bits per heavy atom. The van der Waals surface area contributed by atoms with Crippen LogP contribution in [0.15, 0.2) is 72.4 Å². The molecule has 2 aromatic carbocycles. The van der Waals surface area contributed by atoms with E-state index in [-0.39, 0.29) is 13.0 Å². The van der Waals surface area contributed by atoms with E-state index in [0.717, 1.165) is 16.0 Å². The van der Waals surface area contributed by atoms with Crippen LogP contribution in [0, 0.1) is 0 Å². The van der Waals surface area contributed by atoms with Gasteiger partial charge in [0.2, 0.25) is 0 Å². The number of aliphatic hydroxyl groups excluding tert-OH is 1.